The maximum Gasteiger partial charge on any atom is 0.501 e. The van der Waals surface area contributed by atoms with Crippen LogP contribution in [0.2, 0.25) is 5.02 Å². The minimum Gasteiger partial charge on any atom is -0.369 e. The molecule has 4 nitrogen and oxygen atoms in total. The van der Waals surface area contributed by atoms with E-state index in [2.05, 4.69) is 0 Å². The summed E-state index contributed by atoms with van der Waals surface area (Å²) in [6.45, 7) is 0.611. The predicted octanol–water partition coefficient (Wildman–Crippen LogP) is 5.42. The van der Waals surface area contributed by atoms with E-state index in [1.54, 1.807) is 4.90 Å². The highest BCUT2D eigenvalue weighted by atomic mass is 35.5. The fourth-order valence-electron chi connectivity index (χ4n) is 3.19. The topological polar surface area (TPSA) is 54.5 Å². The second kappa shape index (κ2) is 8.49. The molecule has 29 heavy (non-hydrogen) atoms. The molecular weight excluding hydrogens is 447 g/mol. The van der Waals surface area contributed by atoms with Gasteiger partial charge in [-0.2, -0.15) is 24.5 Å². The molecule has 0 amide bonds. The molecule has 0 aliphatic carbocycles. The normalized spacial score (nSPS) is 15.7. The molecule has 1 aromatic carbocycles. The molecule has 0 saturated carbocycles. The number of sulfone groups is 1. The van der Waals surface area contributed by atoms with Crippen LogP contribution in [0.25, 0.3) is 0 Å². The van der Waals surface area contributed by atoms with E-state index in [4.69, 9.17) is 11.6 Å². The highest BCUT2D eigenvalue weighted by Crippen LogP contribution is 2.38. The van der Waals surface area contributed by atoms with Gasteiger partial charge in [-0.15, -0.1) is 0 Å². The lowest BCUT2D eigenvalue weighted by Gasteiger charge is -2.33. The number of thiophene rings is 1. The summed E-state index contributed by atoms with van der Waals surface area (Å²) >= 11 is 7.24. The molecular formula is C19H17ClF3NO3S2. The Hall–Kier alpha value is -1.84. The van der Waals surface area contributed by atoms with Crippen LogP contribution in [0, 0.1) is 0 Å². The van der Waals surface area contributed by atoms with Gasteiger partial charge in [0.1, 0.15) is 0 Å². The molecule has 3 rings (SSSR count). The number of ketones is 1. The fraction of sp³-hybridized carbons (Fsp3) is 0.316. The summed E-state index contributed by atoms with van der Waals surface area (Å²) in [7, 11) is -5.53. The van der Waals surface area contributed by atoms with Gasteiger partial charge in [0.2, 0.25) is 0 Å². The van der Waals surface area contributed by atoms with E-state index in [9.17, 15) is 26.4 Å². The van der Waals surface area contributed by atoms with E-state index in [-0.39, 0.29) is 30.6 Å². The molecule has 0 radical (unpaired) electrons. The van der Waals surface area contributed by atoms with Crippen LogP contribution in [-0.4, -0.2) is 31.2 Å². The summed E-state index contributed by atoms with van der Waals surface area (Å²) < 4.78 is 64.2. The molecule has 156 valence electrons. The van der Waals surface area contributed by atoms with Crippen molar-refractivity contribution in [2.75, 3.05) is 6.54 Å². The molecule has 0 spiro atoms. The lowest BCUT2D eigenvalue weighted by molar-refractivity contribution is -0.0429. The first kappa shape index (κ1) is 21.9. The minimum atomic E-state index is -5.53. The van der Waals surface area contributed by atoms with Gasteiger partial charge in [-0.1, -0.05) is 11.6 Å². The van der Waals surface area contributed by atoms with Gasteiger partial charge in [0.25, 0.3) is 9.84 Å². The molecule has 1 aliphatic rings. The first-order valence-electron chi connectivity index (χ1n) is 8.68. The fourth-order valence-corrected chi connectivity index (χ4v) is 5.18. The second-order valence-electron chi connectivity index (χ2n) is 6.58. The van der Waals surface area contributed by atoms with E-state index in [1.807, 2.05) is 16.8 Å². The number of nitrogens with zero attached hydrogens (tertiary/aromatic N) is 1. The van der Waals surface area contributed by atoms with Gasteiger partial charge >= 0.3 is 5.51 Å². The summed E-state index contributed by atoms with van der Waals surface area (Å²) in [6, 6.07) is 7.75. The minimum absolute atomic E-state index is 0.0836. The van der Waals surface area contributed by atoms with Crippen molar-refractivity contribution in [3.8, 4) is 0 Å². The van der Waals surface area contributed by atoms with Crippen molar-refractivity contribution in [1.82, 2.24) is 4.90 Å². The van der Waals surface area contributed by atoms with Crippen LogP contribution in [0.15, 0.2) is 51.7 Å². The zero-order chi connectivity index (χ0) is 21.2. The Morgan fingerprint density at radius 3 is 2.45 bits per heavy atom. The molecule has 0 unspecified atom stereocenters. The van der Waals surface area contributed by atoms with Crippen LogP contribution in [0.3, 0.4) is 0 Å². The van der Waals surface area contributed by atoms with Crippen molar-refractivity contribution >= 4 is 38.6 Å². The Morgan fingerprint density at radius 1 is 1.17 bits per heavy atom. The summed E-state index contributed by atoms with van der Waals surface area (Å²) in [5, 5.41) is 4.08. The van der Waals surface area contributed by atoms with Gasteiger partial charge in [-0.05, 0) is 59.5 Å². The summed E-state index contributed by atoms with van der Waals surface area (Å²) in [4.78, 5) is 13.6. The van der Waals surface area contributed by atoms with E-state index in [1.165, 1.54) is 35.6 Å². The molecule has 0 atom stereocenters. The highest BCUT2D eigenvalue weighted by molar-refractivity contribution is 7.96. The number of benzene rings is 1. The van der Waals surface area contributed by atoms with E-state index in [0.717, 1.165) is 5.56 Å². The molecule has 0 bridgehead atoms. The van der Waals surface area contributed by atoms with E-state index in [0.29, 0.717) is 11.6 Å². The van der Waals surface area contributed by atoms with Gasteiger partial charge in [0, 0.05) is 29.4 Å². The van der Waals surface area contributed by atoms with Gasteiger partial charge in [0.15, 0.2) is 5.78 Å². The average molecular weight is 464 g/mol. The largest absolute Gasteiger partial charge is 0.501 e. The summed E-state index contributed by atoms with van der Waals surface area (Å²) in [5.41, 5.74) is -4.40. The SMILES string of the molecule is O=C(CC1=C(S(=O)(=O)C(F)(F)F)CCCN1Cc1ccsc1)c1ccc(Cl)cc1. The molecule has 1 aliphatic heterocycles. The van der Waals surface area contributed by atoms with Crippen LogP contribution >= 0.6 is 22.9 Å². The molecule has 1 aromatic heterocycles. The van der Waals surface area contributed by atoms with Crippen LogP contribution in [0.5, 0.6) is 0 Å². The number of allylic oxidation sites excluding steroid dienone is 2. The van der Waals surface area contributed by atoms with Crippen molar-refractivity contribution < 1.29 is 26.4 Å². The smallest absolute Gasteiger partial charge is 0.369 e. The Labute approximate surface area is 175 Å². The second-order valence-corrected chi connectivity index (χ2v) is 9.76. The Kier molecular flexibility index (Phi) is 6.40. The molecule has 0 N–H and O–H groups in total. The van der Waals surface area contributed by atoms with E-state index >= 15 is 0 Å². The molecule has 10 heteroatoms. The number of hydrogen-bond acceptors (Lipinski definition) is 5. The number of rotatable bonds is 6. The Balaban J connectivity index is 2.02. The third-order valence-electron chi connectivity index (χ3n) is 4.61. The highest BCUT2D eigenvalue weighted by Gasteiger charge is 2.50. The third kappa shape index (κ3) is 4.84. The number of halogens is 4. The van der Waals surface area contributed by atoms with E-state index < -0.39 is 32.5 Å². The molecule has 0 saturated heterocycles. The van der Waals surface area contributed by atoms with Crippen molar-refractivity contribution in [2.45, 2.75) is 31.3 Å². The Morgan fingerprint density at radius 2 is 1.86 bits per heavy atom. The van der Waals surface area contributed by atoms with Gasteiger partial charge in [0.05, 0.1) is 11.3 Å². The number of Topliss-reactive ketones (excluding diaryl/α,β-unsaturated/α-hetero) is 1. The maximum absolute atomic E-state index is 13.3. The molecule has 2 aromatic rings. The first-order valence-corrected chi connectivity index (χ1v) is 11.5. The van der Waals surface area contributed by atoms with Crippen LogP contribution in [0.4, 0.5) is 13.2 Å². The summed E-state index contributed by atoms with van der Waals surface area (Å²) in [6.07, 6.45) is -0.422. The third-order valence-corrected chi connectivity index (χ3v) is 7.29. The summed E-state index contributed by atoms with van der Waals surface area (Å²) in [5.74, 6) is -0.469. The molecule has 0 fully saturated rings. The van der Waals surface area contributed by atoms with Crippen LogP contribution in [0.1, 0.15) is 35.2 Å². The van der Waals surface area contributed by atoms with Crippen molar-refractivity contribution in [1.29, 1.82) is 0 Å². The van der Waals surface area contributed by atoms with Crippen molar-refractivity contribution in [3.63, 3.8) is 0 Å². The van der Waals surface area contributed by atoms with Crippen molar-refractivity contribution in [2.24, 2.45) is 0 Å². The Bertz CT molecular complexity index is 1010. The average Bonchev–Trinajstić information content (AvgIpc) is 3.15. The van der Waals surface area contributed by atoms with Gasteiger partial charge < -0.3 is 4.90 Å². The lowest BCUT2D eigenvalue weighted by Crippen LogP contribution is -2.35. The quantitative estimate of drug-likeness (QED) is 0.537. The maximum atomic E-state index is 13.3. The number of carbonyl (C=O) groups is 1. The number of alkyl halides is 3. The monoisotopic (exact) mass is 463 g/mol. The molecule has 2 heterocycles. The van der Waals surface area contributed by atoms with Gasteiger partial charge in [-0.25, -0.2) is 8.42 Å². The lowest BCUT2D eigenvalue weighted by atomic mass is 10.0. The number of carbonyl (C=O) groups excluding carboxylic acids is 1. The zero-order valence-corrected chi connectivity index (χ0v) is 17.5. The first-order chi connectivity index (χ1) is 13.6. The van der Waals surface area contributed by atoms with Crippen molar-refractivity contribution in [3.05, 3.63) is 67.8 Å². The predicted molar refractivity (Wildman–Crippen MR) is 106 cm³/mol. The van der Waals surface area contributed by atoms with Crippen LogP contribution in [-0.2, 0) is 16.4 Å². The van der Waals surface area contributed by atoms with Gasteiger partial charge in [-0.3, -0.25) is 4.79 Å². The zero-order valence-electron chi connectivity index (χ0n) is 15.1. The number of hydrogen-bond donors (Lipinski definition) is 0. The van der Waals surface area contributed by atoms with Crippen LogP contribution < -0.4 is 0 Å². The standard InChI is InChI=1S/C19H17ClF3NO3S2/c20-15-5-3-14(4-6-15)17(25)10-16-18(29(26,27)19(21,22)23)2-1-8-24(16)11-13-7-9-28-12-13/h3-7,9,12H,1-2,8,10-11H2.